The van der Waals surface area contributed by atoms with E-state index in [2.05, 4.69) is 20.9 Å². The number of aryl methyl sites for hydroxylation is 1. The van der Waals surface area contributed by atoms with Crippen molar-refractivity contribution in [1.29, 1.82) is 0 Å². The number of aromatic nitrogens is 1. The highest BCUT2D eigenvalue weighted by atomic mass is 32.2. The largest absolute Gasteiger partial charge is 0.325 e. The molecule has 5 rings (SSSR count). The number of benzene rings is 4. The fourth-order valence-electron chi connectivity index (χ4n) is 4.51. The van der Waals surface area contributed by atoms with Gasteiger partial charge in [0, 0.05) is 34.2 Å². The number of carbonyl (C=O) groups excluding carboxylic acids is 3. The highest BCUT2D eigenvalue weighted by Gasteiger charge is 2.23. The molecule has 1 atom stereocenters. The maximum Gasteiger partial charge on any atom is 0.272 e. The zero-order chi connectivity index (χ0) is 31.6. The average Bonchev–Trinajstić information content (AvgIpc) is 3.07. The summed E-state index contributed by atoms with van der Waals surface area (Å²) in [5.41, 5.74) is 5.49. The van der Waals surface area contributed by atoms with E-state index in [9.17, 15) is 14.4 Å². The fraction of sp³-hybridized carbons (Fsp3) is 0.0811. The van der Waals surface area contributed by atoms with E-state index in [1.807, 2.05) is 80.6 Å². The SMILES string of the molecule is Cc1cccc(NC(=O)C(Sc2ccc(NC(=O)/C(=C/c3cccnc3)NC(=O)c3ccccc3)cc2)c2ccccc2)c1C. The average molecular weight is 613 g/mol. The number of nitrogens with zero attached hydrogens (tertiary/aromatic N) is 1. The van der Waals surface area contributed by atoms with Crippen LogP contribution in [0.15, 0.2) is 138 Å². The lowest BCUT2D eigenvalue weighted by Gasteiger charge is -2.19. The van der Waals surface area contributed by atoms with Gasteiger partial charge in [0.05, 0.1) is 0 Å². The molecule has 8 heteroatoms. The van der Waals surface area contributed by atoms with Gasteiger partial charge in [-0.2, -0.15) is 0 Å². The van der Waals surface area contributed by atoms with Crippen LogP contribution in [0.25, 0.3) is 6.08 Å². The van der Waals surface area contributed by atoms with Crippen LogP contribution in [0, 0.1) is 13.8 Å². The Morgan fingerprint density at radius 2 is 1.47 bits per heavy atom. The molecule has 0 bridgehead atoms. The molecular formula is C37H32N4O3S. The molecule has 1 heterocycles. The minimum absolute atomic E-state index is 0.0718. The van der Waals surface area contributed by atoms with Gasteiger partial charge in [-0.05, 0) is 90.7 Å². The van der Waals surface area contributed by atoms with Gasteiger partial charge in [-0.3, -0.25) is 19.4 Å². The summed E-state index contributed by atoms with van der Waals surface area (Å²) in [7, 11) is 0. The summed E-state index contributed by atoms with van der Waals surface area (Å²) in [4.78, 5) is 44.8. The number of thioether (sulfide) groups is 1. The predicted octanol–water partition coefficient (Wildman–Crippen LogP) is 7.58. The lowest BCUT2D eigenvalue weighted by Crippen LogP contribution is -2.30. The monoisotopic (exact) mass is 612 g/mol. The Hall–Kier alpha value is -5.47. The minimum atomic E-state index is -0.506. The minimum Gasteiger partial charge on any atom is -0.325 e. The predicted molar refractivity (Wildman–Crippen MR) is 181 cm³/mol. The molecule has 3 amide bonds. The van der Waals surface area contributed by atoms with E-state index in [1.165, 1.54) is 11.8 Å². The van der Waals surface area contributed by atoms with Crippen LogP contribution in [-0.4, -0.2) is 22.7 Å². The van der Waals surface area contributed by atoms with Crippen LogP contribution in [0.5, 0.6) is 0 Å². The molecule has 0 spiro atoms. The molecule has 45 heavy (non-hydrogen) atoms. The van der Waals surface area contributed by atoms with Crippen molar-refractivity contribution in [2.24, 2.45) is 0 Å². The molecule has 1 unspecified atom stereocenters. The highest BCUT2D eigenvalue weighted by Crippen LogP contribution is 2.37. The molecule has 0 fully saturated rings. The number of hydrogen-bond acceptors (Lipinski definition) is 5. The highest BCUT2D eigenvalue weighted by molar-refractivity contribution is 8.00. The zero-order valence-electron chi connectivity index (χ0n) is 24.9. The second-order valence-electron chi connectivity index (χ2n) is 10.3. The van der Waals surface area contributed by atoms with Gasteiger partial charge in [-0.25, -0.2) is 0 Å². The van der Waals surface area contributed by atoms with Gasteiger partial charge in [0.1, 0.15) is 10.9 Å². The Kier molecular flexibility index (Phi) is 10.2. The Morgan fingerprint density at radius 1 is 0.756 bits per heavy atom. The van der Waals surface area contributed by atoms with E-state index in [0.29, 0.717) is 16.8 Å². The second kappa shape index (κ2) is 14.8. The van der Waals surface area contributed by atoms with Gasteiger partial charge in [-0.15, -0.1) is 11.8 Å². The molecule has 0 aliphatic rings. The summed E-state index contributed by atoms with van der Waals surface area (Å²) in [6.45, 7) is 4.01. The molecule has 0 saturated carbocycles. The molecule has 3 N–H and O–H groups in total. The number of anilines is 2. The van der Waals surface area contributed by atoms with E-state index in [-0.39, 0.29) is 11.6 Å². The van der Waals surface area contributed by atoms with Crippen molar-refractivity contribution >= 4 is 46.9 Å². The Labute approximate surface area is 266 Å². The Balaban J connectivity index is 1.32. The Bertz CT molecular complexity index is 1810. The van der Waals surface area contributed by atoms with Crippen LogP contribution in [-0.2, 0) is 9.59 Å². The number of hydrogen-bond donors (Lipinski definition) is 3. The van der Waals surface area contributed by atoms with Crippen LogP contribution >= 0.6 is 11.8 Å². The second-order valence-corrected chi connectivity index (χ2v) is 11.5. The number of amides is 3. The fourth-order valence-corrected chi connectivity index (χ4v) is 5.53. The molecule has 224 valence electrons. The third-order valence-corrected chi connectivity index (χ3v) is 8.36. The summed E-state index contributed by atoms with van der Waals surface area (Å²) >= 11 is 1.42. The topological polar surface area (TPSA) is 100 Å². The van der Waals surface area contributed by atoms with Crippen molar-refractivity contribution in [3.05, 3.63) is 161 Å². The van der Waals surface area contributed by atoms with Gasteiger partial charge < -0.3 is 16.0 Å². The van der Waals surface area contributed by atoms with Gasteiger partial charge in [0.25, 0.3) is 11.8 Å². The standard InChI is InChI=1S/C37H32N4O3S/c1-25-11-9-17-32(26(25)2)40-37(44)34(28-13-5-3-6-14-28)45-31-20-18-30(19-21-31)39-36(43)33(23-27-12-10-22-38-24-27)41-35(42)29-15-7-4-8-16-29/h3-24,34H,1-2H3,(H,39,43)(H,40,44)(H,41,42)/b33-23-. The van der Waals surface area contributed by atoms with Crippen LogP contribution in [0.2, 0.25) is 0 Å². The quantitative estimate of drug-likeness (QED) is 0.112. The summed E-state index contributed by atoms with van der Waals surface area (Å²) in [5, 5.41) is 8.20. The maximum absolute atomic E-state index is 13.6. The summed E-state index contributed by atoms with van der Waals surface area (Å²) in [5.74, 6) is -1.02. The lowest BCUT2D eigenvalue weighted by atomic mass is 10.1. The van der Waals surface area contributed by atoms with Crippen LogP contribution < -0.4 is 16.0 Å². The molecule has 5 aromatic rings. The summed E-state index contributed by atoms with van der Waals surface area (Å²) in [6, 6.07) is 35.0. The van der Waals surface area contributed by atoms with Crippen molar-refractivity contribution in [2.75, 3.05) is 10.6 Å². The first kappa shape index (κ1) is 31.0. The molecule has 0 aliphatic carbocycles. The molecule has 0 radical (unpaired) electrons. The van der Waals surface area contributed by atoms with Crippen LogP contribution in [0.1, 0.15) is 37.9 Å². The molecule has 0 saturated heterocycles. The number of rotatable bonds is 10. The first-order valence-electron chi connectivity index (χ1n) is 14.4. The lowest BCUT2D eigenvalue weighted by molar-refractivity contribution is -0.116. The van der Waals surface area contributed by atoms with Crippen molar-refractivity contribution in [2.45, 2.75) is 24.0 Å². The molecule has 1 aromatic heterocycles. The van der Waals surface area contributed by atoms with E-state index in [1.54, 1.807) is 67.0 Å². The van der Waals surface area contributed by atoms with Crippen molar-refractivity contribution in [1.82, 2.24) is 10.3 Å². The van der Waals surface area contributed by atoms with Gasteiger partial charge >= 0.3 is 0 Å². The third-order valence-electron chi connectivity index (χ3n) is 7.09. The number of pyridine rings is 1. The van der Waals surface area contributed by atoms with Gasteiger partial charge in [-0.1, -0.05) is 66.7 Å². The molecule has 4 aromatic carbocycles. The van der Waals surface area contributed by atoms with E-state index >= 15 is 0 Å². The normalized spacial score (nSPS) is 11.7. The molecule has 0 aliphatic heterocycles. The van der Waals surface area contributed by atoms with Crippen molar-refractivity contribution in [3.8, 4) is 0 Å². The molecule has 7 nitrogen and oxygen atoms in total. The third kappa shape index (κ3) is 8.34. The Morgan fingerprint density at radius 3 is 2.16 bits per heavy atom. The van der Waals surface area contributed by atoms with E-state index < -0.39 is 17.1 Å². The number of nitrogens with one attached hydrogen (secondary N) is 3. The zero-order valence-corrected chi connectivity index (χ0v) is 25.7. The van der Waals surface area contributed by atoms with Gasteiger partial charge in [0.2, 0.25) is 5.91 Å². The maximum atomic E-state index is 13.6. The van der Waals surface area contributed by atoms with E-state index in [4.69, 9.17) is 0 Å². The van der Waals surface area contributed by atoms with Crippen LogP contribution in [0.3, 0.4) is 0 Å². The summed E-state index contributed by atoms with van der Waals surface area (Å²) in [6.07, 6.45) is 4.81. The van der Waals surface area contributed by atoms with Crippen LogP contribution in [0.4, 0.5) is 11.4 Å². The first-order chi connectivity index (χ1) is 21.9. The summed E-state index contributed by atoms with van der Waals surface area (Å²) < 4.78 is 0. The van der Waals surface area contributed by atoms with Crippen molar-refractivity contribution in [3.63, 3.8) is 0 Å². The molecular weight excluding hydrogens is 580 g/mol. The van der Waals surface area contributed by atoms with E-state index in [0.717, 1.165) is 27.3 Å². The van der Waals surface area contributed by atoms with Crippen molar-refractivity contribution < 1.29 is 14.4 Å². The first-order valence-corrected chi connectivity index (χ1v) is 15.2. The smallest absolute Gasteiger partial charge is 0.272 e. The number of carbonyl (C=O) groups is 3. The van der Waals surface area contributed by atoms with Gasteiger partial charge in [0.15, 0.2) is 0 Å².